The summed E-state index contributed by atoms with van der Waals surface area (Å²) in [6.45, 7) is 1.80. The maximum Gasteiger partial charge on any atom is 0.263 e. The van der Waals surface area contributed by atoms with E-state index >= 15 is 0 Å². The molecule has 0 aliphatic rings. The molecule has 0 fully saturated rings. The Hall–Kier alpha value is -2.46. The van der Waals surface area contributed by atoms with Crippen molar-refractivity contribution in [1.82, 2.24) is 14.8 Å². The van der Waals surface area contributed by atoms with E-state index < -0.39 is 0 Å². The van der Waals surface area contributed by atoms with Gasteiger partial charge in [0.2, 0.25) is 0 Å². The van der Waals surface area contributed by atoms with Crippen LogP contribution in [0.4, 0.5) is 5.69 Å². The van der Waals surface area contributed by atoms with Crippen molar-refractivity contribution < 1.29 is 4.42 Å². The Kier molecular flexibility index (Phi) is 2.88. The van der Waals surface area contributed by atoms with Crippen LogP contribution in [0.3, 0.4) is 0 Å². The van der Waals surface area contributed by atoms with E-state index in [0.717, 1.165) is 0 Å². The first-order valence-corrected chi connectivity index (χ1v) is 6.67. The summed E-state index contributed by atoms with van der Waals surface area (Å²) in [5, 5.41) is 14.6. The van der Waals surface area contributed by atoms with Gasteiger partial charge < -0.3 is 10.2 Å². The molecule has 1 aromatic carbocycles. The minimum absolute atomic E-state index is 0.463. The molecule has 2 heterocycles. The Bertz CT molecular complexity index is 842. The molecule has 0 atom stereocenters. The third-order valence-electron chi connectivity index (χ3n) is 2.86. The second kappa shape index (κ2) is 4.58. The third-order valence-corrected chi connectivity index (χ3v) is 3.87. The second-order valence-corrected chi connectivity index (χ2v) is 5.25. The van der Waals surface area contributed by atoms with E-state index in [2.05, 4.69) is 16.2 Å². The topological polar surface area (TPSA) is 93.7 Å². The van der Waals surface area contributed by atoms with E-state index in [9.17, 15) is 5.26 Å². The molecule has 0 bridgehead atoms. The molecule has 0 saturated heterocycles. The lowest BCUT2D eigenvalue weighted by Crippen LogP contribution is -1.92. The van der Waals surface area contributed by atoms with Gasteiger partial charge in [0, 0.05) is 12.7 Å². The lowest BCUT2D eigenvalue weighted by atomic mass is 10.3. The molecule has 0 aliphatic carbocycles. The van der Waals surface area contributed by atoms with Crippen LogP contribution in [0.1, 0.15) is 11.3 Å². The van der Waals surface area contributed by atoms with Gasteiger partial charge in [0.1, 0.15) is 22.2 Å². The lowest BCUT2D eigenvalue weighted by Gasteiger charge is -1.97. The molecule has 0 radical (unpaired) electrons. The molecule has 7 heteroatoms. The first-order valence-electron chi connectivity index (χ1n) is 5.86. The van der Waals surface area contributed by atoms with Crippen molar-refractivity contribution in [2.75, 3.05) is 5.73 Å². The zero-order chi connectivity index (χ0) is 14.3. The number of oxazole rings is 1. The summed E-state index contributed by atoms with van der Waals surface area (Å²) in [5.41, 5.74) is 8.95. The average Bonchev–Trinajstić information content (AvgIpc) is 2.90. The van der Waals surface area contributed by atoms with Crippen molar-refractivity contribution in [1.29, 1.82) is 5.26 Å². The highest BCUT2D eigenvalue weighted by Gasteiger charge is 2.17. The predicted octanol–water partition coefficient (Wildman–Crippen LogP) is 2.47. The van der Waals surface area contributed by atoms with Gasteiger partial charge in [-0.1, -0.05) is 0 Å². The number of nitrogens with zero attached hydrogens (tertiary/aromatic N) is 4. The fourth-order valence-corrected chi connectivity index (χ4v) is 2.84. The SMILES string of the molecule is Cc1nn(C)c(Sc2nc3cc(N)ccc3o2)c1C#N. The van der Waals surface area contributed by atoms with Crippen molar-refractivity contribution in [3.05, 3.63) is 29.5 Å². The van der Waals surface area contributed by atoms with Gasteiger partial charge in [-0.3, -0.25) is 4.68 Å². The molecule has 0 amide bonds. The first-order chi connectivity index (χ1) is 9.58. The maximum absolute atomic E-state index is 9.18. The number of hydrogen-bond donors (Lipinski definition) is 1. The smallest absolute Gasteiger partial charge is 0.263 e. The van der Waals surface area contributed by atoms with Crippen LogP contribution >= 0.6 is 11.8 Å². The number of rotatable bonds is 2. The molecule has 3 aromatic rings. The van der Waals surface area contributed by atoms with Gasteiger partial charge in [-0.15, -0.1) is 0 Å². The predicted molar refractivity (Wildman–Crippen MR) is 75.2 cm³/mol. The second-order valence-electron chi connectivity index (χ2n) is 4.31. The van der Waals surface area contributed by atoms with E-state index in [1.165, 1.54) is 11.8 Å². The molecule has 2 N–H and O–H groups in total. The van der Waals surface area contributed by atoms with Crippen LogP contribution in [0.2, 0.25) is 0 Å². The number of benzene rings is 1. The number of hydrogen-bond acceptors (Lipinski definition) is 6. The zero-order valence-electron chi connectivity index (χ0n) is 10.9. The monoisotopic (exact) mass is 285 g/mol. The molecule has 2 aromatic heterocycles. The number of aromatic nitrogens is 3. The van der Waals surface area contributed by atoms with E-state index in [-0.39, 0.29) is 0 Å². The highest BCUT2D eigenvalue weighted by atomic mass is 32.2. The summed E-state index contributed by atoms with van der Waals surface area (Å²) >= 11 is 1.28. The van der Waals surface area contributed by atoms with E-state index in [4.69, 9.17) is 10.2 Å². The Balaban J connectivity index is 2.03. The minimum Gasteiger partial charge on any atom is -0.431 e. The fourth-order valence-electron chi connectivity index (χ4n) is 1.93. The molecule has 100 valence electrons. The van der Waals surface area contributed by atoms with Crippen LogP contribution < -0.4 is 5.73 Å². The van der Waals surface area contributed by atoms with E-state index in [1.807, 2.05) is 0 Å². The molecule has 20 heavy (non-hydrogen) atoms. The van der Waals surface area contributed by atoms with E-state index in [0.29, 0.717) is 38.3 Å². The van der Waals surface area contributed by atoms with Crippen LogP contribution in [0.15, 0.2) is 32.9 Å². The van der Waals surface area contributed by atoms with Crippen molar-refractivity contribution >= 4 is 28.5 Å². The normalized spacial score (nSPS) is 10.8. The number of nitrogens with two attached hydrogens (primary N) is 1. The summed E-state index contributed by atoms with van der Waals surface area (Å²) in [7, 11) is 1.79. The maximum atomic E-state index is 9.18. The molecule has 0 spiro atoms. The quantitative estimate of drug-likeness (QED) is 0.727. The third kappa shape index (κ3) is 2.00. The number of nitrogen functional groups attached to an aromatic ring is 1. The van der Waals surface area contributed by atoms with Gasteiger partial charge in [0.15, 0.2) is 5.58 Å². The summed E-state index contributed by atoms with van der Waals surface area (Å²) in [4.78, 5) is 4.36. The van der Waals surface area contributed by atoms with Crippen LogP contribution in [0.5, 0.6) is 0 Å². The molecule has 0 aliphatic heterocycles. The van der Waals surface area contributed by atoms with Gasteiger partial charge in [0.05, 0.1) is 5.69 Å². The van der Waals surface area contributed by atoms with Crippen LogP contribution in [-0.4, -0.2) is 14.8 Å². The van der Waals surface area contributed by atoms with Crippen LogP contribution in [0, 0.1) is 18.3 Å². The van der Waals surface area contributed by atoms with Gasteiger partial charge in [-0.05, 0) is 36.9 Å². The Labute approximate surface area is 119 Å². The van der Waals surface area contributed by atoms with Crippen LogP contribution in [-0.2, 0) is 7.05 Å². The summed E-state index contributed by atoms with van der Waals surface area (Å²) in [6.07, 6.45) is 0. The Morgan fingerprint density at radius 2 is 2.25 bits per heavy atom. The highest BCUT2D eigenvalue weighted by Crippen LogP contribution is 2.33. The average molecular weight is 285 g/mol. The lowest BCUT2D eigenvalue weighted by molar-refractivity contribution is 0.488. The molecule has 0 unspecified atom stereocenters. The van der Waals surface area contributed by atoms with Crippen molar-refractivity contribution in [2.24, 2.45) is 7.05 Å². The van der Waals surface area contributed by atoms with Gasteiger partial charge in [0.25, 0.3) is 5.22 Å². The Morgan fingerprint density at radius 1 is 1.45 bits per heavy atom. The number of anilines is 1. The van der Waals surface area contributed by atoms with Crippen molar-refractivity contribution in [3.8, 4) is 6.07 Å². The molecule has 3 rings (SSSR count). The van der Waals surface area contributed by atoms with Crippen molar-refractivity contribution in [2.45, 2.75) is 17.2 Å². The van der Waals surface area contributed by atoms with Crippen LogP contribution in [0.25, 0.3) is 11.1 Å². The number of nitriles is 1. The zero-order valence-corrected chi connectivity index (χ0v) is 11.7. The first kappa shape index (κ1) is 12.6. The van der Waals surface area contributed by atoms with Crippen molar-refractivity contribution in [3.63, 3.8) is 0 Å². The van der Waals surface area contributed by atoms with Gasteiger partial charge in [-0.2, -0.15) is 10.4 Å². The number of fused-ring (bicyclic) bond motifs is 1. The Morgan fingerprint density at radius 3 is 3.00 bits per heavy atom. The summed E-state index contributed by atoms with van der Waals surface area (Å²) in [6, 6.07) is 7.45. The molecular weight excluding hydrogens is 274 g/mol. The van der Waals surface area contributed by atoms with Gasteiger partial charge >= 0.3 is 0 Å². The molecule has 0 saturated carbocycles. The van der Waals surface area contributed by atoms with E-state index in [1.54, 1.807) is 36.9 Å². The summed E-state index contributed by atoms with van der Waals surface area (Å²) < 4.78 is 7.29. The standard InChI is InChI=1S/C13H11N5OS/c1-7-9(6-14)12(18(2)17-7)20-13-16-10-5-8(15)3-4-11(10)19-13/h3-5H,15H2,1-2H3. The fraction of sp³-hybridized carbons (Fsp3) is 0.154. The molecule has 6 nitrogen and oxygen atoms in total. The summed E-state index contributed by atoms with van der Waals surface area (Å²) in [5.74, 6) is 0. The van der Waals surface area contributed by atoms with Gasteiger partial charge in [-0.25, -0.2) is 4.98 Å². The minimum atomic E-state index is 0.463. The highest BCUT2D eigenvalue weighted by molar-refractivity contribution is 7.99. The molecular formula is C13H11N5OS. The number of aryl methyl sites for hydroxylation is 2. The largest absolute Gasteiger partial charge is 0.431 e.